The van der Waals surface area contributed by atoms with E-state index in [9.17, 15) is 79.2 Å². The van der Waals surface area contributed by atoms with Gasteiger partial charge in [0.1, 0.15) is 53.5 Å². The van der Waals surface area contributed by atoms with E-state index in [2.05, 4.69) is 53.0 Å². The number of aliphatic hydroxyl groups excluding tert-OH is 7. The zero-order valence-electron chi connectivity index (χ0n) is 48.9. The summed E-state index contributed by atoms with van der Waals surface area (Å²) in [6.45, 7) is 2.74. The molecule has 0 saturated carbocycles. The van der Waals surface area contributed by atoms with Crippen LogP contribution >= 0.6 is 23.7 Å². The number of β-amino-alcohol motifs (C(OH)–C–C–N with tert-alkyl or cyclic N) is 1. The van der Waals surface area contributed by atoms with Crippen molar-refractivity contribution in [2.75, 3.05) is 37.6 Å². The number of nitrogens with two attached hydrogens (primary N) is 1. The van der Waals surface area contributed by atoms with Crippen LogP contribution in [-0.4, -0.2) is 223 Å². The maximum atomic E-state index is 14.7. The predicted molar refractivity (Wildman–Crippen MR) is 319 cm³/mol. The molecule has 13 unspecified atom stereocenters. The van der Waals surface area contributed by atoms with E-state index in [0.29, 0.717) is 16.2 Å². The quantitative estimate of drug-likeness (QED) is 0.0210. The van der Waals surface area contributed by atoms with Crippen LogP contribution in [0.5, 0.6) is 11.5 Å². The van der Waals surface area contributed by atoms with E-state index in [4.69, 9.17) is 25.3 Å². The van der Waals surface area contributed by atoms with Crippen molar-refractivity contribution >= 4 is 81.6 Å². The van der Waals surface area contributed by atoms with Gasteiger partial charge in [0.2, 0.25) is 46.3 Å². The third-order valence-electron chi connectivity index (χ3n) is 16.3. The fourth-order valence-electron chi connectivity index (χ4n) is 11.4. The number of fused-ring (bicyclic) bond motifs is 3. The molecule has 0 spiro atoms. The Hall–Kier alpha value is -8.13. The number of aromatic hydroxyl groups is 1. The second kappa shape index (κ2) is 29.4. The van der Waals surface area contributed by atoms with Gasteiger partial charge in [0.05, 0.1) is 48.8 Å². The molecule has 4 saturated heterocycles. The van der Waals surface area contributed by atoms with Gasteiger partial charge in [-0.1, -0.05) is 45.8 Å². The van der Waals surface area contributed by atoms with Gasteiger partial charge in [-0.2, -0.15) is 5.10 Å². The zero-order valence-corrected chi connectivity index (χ0v) is 50.5. The number of carbonyl (C=O) groups is 8. The number of nitrogens with zero attached hydrogens (tertiary/aromatic N) is 6. The fourth-order valence-corrected chi connectivity index (χ4v) is 12.5. The third-order valence-corrected chi connectivity index (χ3v) is 17.6. The predicted octanol–water partition coefficient (Wildman–Crippen LogP) is -2.50. The van der Waals surface area contributed by atoms with Gasteiger partial charge in [-0.05, 0) is 80.3 Å². The number of amides is 8. The second-order valence-electron chi connectivity index (χ2n) is 22.8. The molecule has 0 bridgehead atoms. The summed E-state index contributed by atoms with van der Waals surface area (Å²) in [6, 6.07) is 4.97. The first-order valence-electron chi connectivity index (χ1n) is 29.0. The maximum absolute atomic E-state index is 14.7. The molecule has 5 aromatic rings. The number of phenols is 1. The van der Waals surface area contributed by atoms with Crippen molar-refractivity contribution in [1.29, 1.82) is 0 Å². The summed E-state index contributed by atoms with van der Waals surface area (Å²) in [5.41, 5.74) is 8.24. The zero-order chi connectivity index (χ0) is 65.5. The highest BCUT2D eigenvalue weighted by Gasteiger charge is 2.50. The summed E-state index contributed by atoms with van der Waals surface area (Å²) >= 11 is 1.36. The number of hydrogen-bond acceptors (Lipinski definition) is 25. The minimum Gasteiger partial charge on any atom is -0.504 e. The Kier molecular flexibility index (Phi) is 21.8. The summed E-state index contributed by atoms with van der Waals surface area (Å²) in [5, 5.41) is 120. The summed E-state index contributed by atoms with van der Waals surface area (Å²) in [4.78, 5) is 123. The lowest BCUT2D eigenvalue weighted by molar-refractivity contribution is -0.433. The number of imidazole rings is 1. The van der Waals surface area contributed by atoms with Gasteiger partial charge in [-0.25, -0.2) is 14.8 Å². The highest BCUT2D eigenvalue weighted by atomic mass is 32.2. The molecule has 34 heteroatoms. The average Bonchev–Trinajstić information content (AvgIpc) is 1.76. The SMILES string of the molecule is CC(O)C1NC(=O)[C@@H](NC(=O)c2ccc(-c3cn4nc(-c5ccc(N6CCCCC6)cc5)sc4n3)cc2)CC(O)CNC(=O)C2C(O)C(C)CN2C(=O)C(C(O)CC(N)=O)NC(=O)C(C(O)C(O)c2ccc(O)c(OSOOO)c2)NC(=O)C2CC(O)CN2C1=O. The highest BCUT2D eigenvalue weighted by molar-refractivity contribution is 7.90. The maximum Gasteiger partial charge on any atom is 0.261 e. The van der Waals surface area contributed by atoms with Crippen LogP contribution in [-0.2, 0) is 42.9 Å². The van der Waals surface area contributed by atoms with Gasteiger partial charge in [0.25, 0.3) is 18.2 Å². The van der Waals surface area contributed by atoms with Crippen molar-refractivity contribution in [3.63, 3.8) is 0 Å². The average molecular weight is 1310 g/mol. The van der Waals surface area contributed by atoms with E-state index in [1.165, 1.54) is 36.8 Å². The number of hydrogen-bond donors (Lipinski definition) is 15. The fraction of sp³-hybridized carbons (Fsp3) is 0.474. The van der Waals surface area contributed by atoms with Crippen molar-refractivity contribution in [2.45, 2.75) is 131 Å². The van der Waals surface area contributed by atoms with Gasteiger partial charge in [0, 0.05) is 73.9 Å². The lowest BCUT2D eigenvalue weighted by atomic mass is 9.96. The number of aliphatic hydroxyl groups is 7. The first kappa shape index (κ1) is 67.3. The Balaban J connectivity index is 0.998. The van der Waals surface area contributed by atoms with Crippen molar-refractivity contribution in [3.8, 4) is 33.3 Å². The summed E-state index contributed by atoms with van der Waals surface area (Å²) < 4.78 is 10.9. The van der Waals surface area contributed by atoms with Crippen molar-refractivity contribution in [1.82, 2.24) is 51.0 Å². The van der Waals surface area contributed by atoms with Gasteiger partial charge in [-0.15, -0.1) is 0 Å². The van der Waals surface area contributed by atoms with E-state index in [1.54, 1.807) is 22.8 Å². The Morgan fingerprint density at radius 2 is 1.47 bits per heavy atom. The highest BCUT2D eigenvalue weighted by Crippen LogP contribution is 2.35. The van der Waals surface area contributed by atoms with Crippen LogP contribution < -0.4 is 41.4 Å². The topological polar surface area (TPSA) is 472 Å². The van der Waals surface area contributed by atoms with E-state index in [1.807, 2.05) is 12.1 Å². The van der Waals surface area contributed by atoms with Gasteiger partial charge in [0.15, 0.2) is 11.5 Å². The number of nitrogens with one attached hydrogen (secondary N) is 5. The minimum absolute atomic E-state index is 0.00253. The van der Waals surface area contributed by atoms with Gasteiger partial charge < -0.3 is 92.1 Å². The minimum atomic E-state index is -2.53. The monoisotopic (exact) mass is 1310 g/mol. The molecule has 32 nitrogen and oxygen atoms in total. The molecular weight excluding hydrogens is 1240 g/mol. The third kappa shape index (κ3) is 15.6. The number of primary amides is 1. The number of rotatable bonds is 16. The first-order valence-corrected chi connectivity index (χ1v) is 30.5. The number of benzene rings is 3. The molecule has 3 aromatic carbocycles. The number of carbonyl (C=O) groups excluding carboxylic acids is 8. The lowest BCUT2D eigenvalue weighted by Crippen LogP contribution is -2.64. The van der Waals surface area contributed by atoms with Crippen LogP contribution in [0.3, 0.4) is 0 Å². The van der Waals surface area contributed by atoms with E-state index < -0.39 is 183 Å². The van der Waals surface area contributed by atoms with Crippen LogP contribution in [0.25, 0.3) is 26.8 Å². The van der Waals surface area contributed by atoms with Crippen molar-refractivity contribution in [2.24, 2.45) is 11.7 Å². The Labute approximate surface area is 526 Å². The number of phenolic OH excluding ortho intramolecular Hbond substituents is 1. The molecule has 9 rings (SSSR count). The molecule has 4 aliphatic heterocycles. The Morgan fingerprint density at radius 3 is 2.14 bits per heavy atom. The van der Waals surface area contributed by atoms with Crippen molar-refractivity contribution in [3.05, 3.63) is 84.1 Å². The van der Waals surface area contributed by atoms with Crippen LogP contribution in [0.15, 0.2) is 72.9 Å². The van der Waals surface area contributed by atoms with Crippen LogP contribution in [0, 0.1) is 5.92 Å². The standard InChI is InChI=1S/C57H70N12O20S2/c1-26-23-68-45(46(26)76)53(83)59-22-33(71)19-35(60-49(79)29-8-6-28(7-9-29)36-25-69-57(61-36)90-54(65-69)30-10-13-32(14-11-30)66-16-4-3-5-17-66)50(80)62-42(27(2)70)55(84)67-24-34(72)20-37(67)51(81)64-44(52(82)63-43(56(68)85)39(74)21-41(58)75)48(78)47(77)31-12-15-38(73)40(18-31)87-91-89-88-86/h6-15,18,25-27,33-35,37,39,42-48,70-74,76-78,86H,3-5,16-17,19-24H2,1-2H3,(H2,58,75)(H,59,83)(H,60,79)(H,62,80)(H,63,82)(H,64,81)/t26?,27?,33?,34?,35-,37?,39?,42?,43?,44?,45?,46?,47?,48?/m0/s1. The lowest BCUT2D eigenvalue weighted by Gasteiger charge is -2.34. The second-order valence-corrected chi connectivity index (χ2v) is 24.2. The molecule has 6 heterocycles. The molecule has 490 valence electrons. The van der Waals surface area contributed by atoms with E-state index in [0.717, 1.165) is 77.1 Å². The van der Waals surface area contributed by atoms with E-state index >= 15 is 0 Å². The number of anilines is 1. The molecule has 0 radical (unpaired) electrons. The van der Waals surface area contributed by atoms with Crippen LogP contribution in [0.2, 0.25) is 0 Å². The molecular formula is C57H70N12O20S2. The largest absolute Gasteiger partial charge is 0.504 e. The van der Waals surface area contributed by atoms with Crippen LogP contribution in [0.4, 0.5) is 5.69 Å². The normalized spacial score (nSPS) is 26.3. The molecule has 0 aliphatic carbocycles. The Bertz CT molecular complexity index is 3430. The smallest absolute Gasteiger partial charge is 0.261 e. The van der Waals surface area contributed by atoms with Gasteiger partial charge >= 0.3 is 0 Å². The molecule has 4 fully saturated rings. The van der Waals surface area contributed by atoms with Crippen molar-refractivity contribution < 1.29 is 98.0 Å². The first-order chi connectivity index (χ1) is 43.4. The van der Waals surface area contributed by atoms with Gasteiger partial charge in [-0.3, -0.25) is 38.4 Å². The van der Waals surface area contributed by atoms with E-state index in [-0.39, 0.29) is 23.5 Å². The molecule has 2 aromatic heterocycles. The molecule has 4 aliphatic rings. The molecule has 16 N–H and O–H groups in total. The number of piperidine rings is 1. The summed E-state index contributed by atoms with van der Waals surface area (Å²) in [5.74, 6) is -11.9. The summed E-state index contributed by atoms with van der Waals surface area (Å²) in [7, 11) is 0. The molecule has 91 heavy (non-hydrogen) atoms. The number of aromatic nitrogens is 3. The summed E-state index contributed by atoms with van der Waals surface area (Å²) in [6.07, 6.45) is -10.9. The Morgan fingerprint density at radius 1 is 0.802 bits per heavy atom. The van der Waals surface area contributed by atoms with Crippen LogP contribution in [0.1, 0.15) is 74.4 Å². The molecule has 8 amide bonds. The molecule has 14 atom stereocenters.